The summed E-state index contributed by atoms with van der Waals surface area (Å²) in [5.74, 6) is -1.12. The zero-order chi connectivity index (χ0) is 21.9. The Morgan fingerprint density at radius 1 is 1.23 bits per heavy atom. The van der Waals surface area contributed by atoms with Gasteiger partial charge in [0.1, 0.15) is 5.70 Å². The lowest BCUT2D eigenvalue weighted by Gasteiger charge is -2.31. The first-order chi connectivity index (χ1) is 14.3. The van der Waals surface area contributed by atoms with E-state index in [9.17, 15) is 18.0 Å². The molecule has 11 heteroatoms. The third kappa shape index (κ3) is 4.48. The van der Waals surface area contributed by atoms with Crippen LogP contribution in [0.1, 0.15) is 0 Å². The molecule has 1 amide bonds. The molecule has 30 heavy (non-hydrogen) atoms. The molecule has 2 aliphatic heterocycles. The number of methoxy groups -OCH3 is 1. The van der Waals surface area contributed by atoms with Gasteiger partial charge in [0.05, 0.1) is 30.7 Å². The van der Waals surface area contributed by atoms with Crippen LogP contribution < -0.4 is 5.32 Å². The number of hydrogen-bond acceptors (Lipinski definition) is 8. The fraction of sp³-hybridized carbons (Fsp3) is 0.474. The average molecular weight is 439 g/mol. The van der Waals surface area contributed by atoms with E-state index in [-0.39, 0.29) is 35.9 Å². The highest BCUT2D eigenvalue weighted by Gasteiger charge is 2.35. The molecule has 0 aromatic heterocycles. The van der Waals surface area contributed by atoms with E-state index in [4.69, 9.17) is 9.84 Å². The van der Waals surface area contributed by atoms with Crippen LogP contribution in [-0.4, -0.2) is 99.5 Å². The smallest absolute Gasteiger partial charge is 0.337 e. The molecule has 1 saturated heterocycles. The zero-order valence-corrected chi connectivity index (χ0v) is 17.8. The van der Waals surface area contributed by atoms with Crippen LogP contribution in [0.3, 0.4) is 0 Å². The number of esters is 1. The van der Waals surface area contributed by atoms with E-state index in [0.717, 1.165) is 0 Å². The minimum atomic E-state index is -3.68. The molecule has 1 fully saturated rings. The molecule has 1 aromatic rings. The van der Waals surface area contributed by atoms with Gasteiger partial charge in [-0.1, -0.05) is 6.07 Å². The highest BCUT2D eigenvalue weighted by Crippen LogP contribution is 2.25. The predicted octanol–water partition coefficient (Wildman–Crippen LogP) is -0.704. The molecule has 164 valence electrons. The molecule has 3 rings (SSSR count). The number of hydrogen-bond donors (Lipinski definition) is 2. The molecule has 2 aliphatic rings. The van der Waals surface area contributed by atoms with Crippen molar-refractivity contribution in [2.24, 2.45) is 0 Å². The summed E-state index contributed by atoms with van der Waals surface area (Å²) in [7, 11) is -0.517. The molecule has 0 spiro atoms. The van der Waals surface area contributed by atoms with Gasteiger partial charge in [0.15, 0.2) is 0 Å². The van der Waals surface area contributed by atoms with Gasteiger partial charge in [-0.2, -0.15) is 4.31 Å². The van der Waals surface area contributed by atoms with Crippen LogP contribution in [0, 0.1) is 0 Å². The molecule has 0 atom stereocenters. The molecule has 2 heterocycles. The van der Waals surface area contributed by atoms with Gasteiger partial charge < -0.3 is 25.0 Å². The number of β-amino-alcohol motifs (C(OH)–C–C–N with tert-alkyl or cyclic N) is 1. The number of nitrogens with one attached hydrogen (secondary N) is 1. The Morgan fingerprint density at radius 3 is 2.57 bits per heavy atom. The van der Waals surface area contributed by atoms with Crippen molar-refractivity contribution in [3.63, 3.8) is 0 Å². The number of anilines is 1. The Morgan fingerprint density at radius 2 is 1.93 bits per heavy atom. The number of aliphatic hydroxyl groups is 1. The maximum atomic E-state index is 13.0. The van der Waals surface area contributed by atoms with Gasteiger partial charge in [0, 0.05) is 38.4 Å². The number of carbonyl (C=O) groups is 2. The lowest BCUT2D eigenvalue weighted by Crippen LogP contribution is -2.47. The quantitative estimate of drug-likeness (QED) is 0.536. The molecule has 0 bridgehead atoms. The van der Waals surface area contributed by atoms with Crippen molar-refractivity contribution in [2.75, 3.05) is 65.3 Å². The molecular formula is C19H26N4O6S. The largest absolute Gasteiger partial charge is 0.466 e. The highest BCUT2D eigenvalue weighted by molar-refractivity contribution is 7.89. The van der Waals surface area contributed by atoms with Gasteiger partial charge in [-0.25, -0.2) is 13.2 Å². The van der Waals surface area contributed by atoms with Gasteiger partial charge in [-0.3, -0.25) is 4.79 Å². The van der Waals surface area contributed by atoms with Gasteiger partial charge in [0.2, 0.25) is 10.0 Å². The van der Waals surface area contributed by atoms with E-state index in [1.165, 1.54) is 28.4 Å². The monoisotopic (exact) mass is 438 g/mol. The summed E-state index contributed by atoms with van der Waals surface area (Å²) >= 11 is 0. The summed E-state index contributed by atoms with van der Waals surface area (Å²) < 4.78 is 32.2. The first-order valence-corrected chi connectivity index (χ1v) is 11.0. The van der Waals surface area contributed by atoms with Crippen molar-refractivity contribution in [3.05, 3.63) is 35.5 Å². The average Bonchev–Trinajstić information content (AvgIpc) is 3.04. The van der Waals surface area contributed by atoms with Crippen LogP contribution in [0.25, 0.3) is 0 Å². The maximum absolute atomic E-state index is 13.0. The van der Waals surface area contributed by atoms with Crippen LogP contribution >= 0.6 is 0 Å². The van der Waals surface area contributed by atoms with Gasteiger partial charge in [-0.05, 0) is 25.2 Å². The van der Waals surface area contributed by atoms with E-state index in [2.05, 4.69) is 10.2 Å². The number of carbonyl (C=O) groups excluding carboxylic acids is 2. The number of sulfonamides is 1. The molecule has 0 unspecified atom stereocenters. The first-order valence-electron chi connectivity index (χ1n) is 9.55. The Hall–Kier alpha value is -2.47. The predicted molar refractivity (Wildman–Crippen MR) is 109 cm³/mol. The van der Waals surface area contributed by atoms with E-state index < -0.39 is 21.9 Å². The van der Waals surface area contributed by atoms with Crippen molar-refractivity contribution in [2.45, 2.75) is 4.90 Å². The third-order valence-electron chi connectivity index (χ3n) is 5.16. The van der Waals surface area contributed by atoms with Crippen molar-refractivity contribution < 1.29 is 27.9 Å². The second-order valence-corrected chi connectivity index (χ2v) is 9.09. The normalized spacial score (nSPS) is 18.8. The lowest BCUT2D eigenvalue weighted by molar-refractivity contribution is -0.136. The van der Waals surface area contributed by atoms with Gasteiger partial charge in [-0.15, -0.1) is 0 Å². The number of ether oxygens (including phenoxy) is 1. The number of benzene rings is 1. The fourth-order valence-corrected chi connectivity index (χ4v) is 4.87. The molecule has 0 saturated carbocycles. The number of aliphatic hydroxyl groups excluding tert-OH is 1. The topological polar surface area (TPSA) is 119 Å². The highest BCUT2D eigenvalue weighted by atomic mass is 32.2. The van der Waals surface area contributed by atoms with Crippen LogP contribution in [0.5, 0.6) is 0 Å². The second kappa shape index (κ2) is 9.13. The Balaban J connectivity index is 1.86. The molecular weight excluding hydrogens is 412 g/mol. The summed E-state index contributed by atoms with van der Waals surface area (Å²) in [6.07, 6.45) is 0. The van der Waals surface area contributed by atoms with Crippen molar-refractivity contribution in [1.29, 1.82) is 0 Å². The van der Waals surface area contributed by atoms with Crippen LogP contribution in [0.4, 0.5) is 5.69 Å². The summed E-state index contributed by atoms with van der Waals surface area (Å²) in [5.41, 5.74) is 0.508. The van der Waals surface area contributed by atoms with Crippen molar-refractivity contribution >= 4 is 27.6 Å². The SMILES string of the molecule is COC(=O)C1=C(Nc2cccc(S(=O)(=O)N3CCN(C)CC3)c2)C(=O)N(CCO)C1. The fourth-order valence-electron chi connectivity index (χ4n) is 3.41. The Labute approximate surface area is 175 Å². The molecule has 10 nitrogen and oxygen atoms in total. The Kier molecular flexibility index (Phi) is 6.76. The maximum Gasteiger partial charge on any atom is 0.337 e. The van der Waals surface area contributed by atoms with Crippen LogP contribution in [0.2, 0.25) is 0 Å². The number of amides is 1. The zero-order valence-electron chi connectivity index (χ0n) is 17.0. The van der Waals surface area contributed by atoms with Crippen LogP contribution in [-0.2, 0) is 24.3 Å². The molecule has 0 aliphatic carbocycles. The van der Waals surface area contributed by atoms with E-state index in [0.29, 0.717) is 31.9 Å². The number of nitrogens with zero attached hydrogens (tertiary/aromatic N) is 3. The van der Waals surface area contributed by atoms with Crippen LogP contribution in [0.15, 0.2) is 40.4 Å². The standard InChI is InChI=1S/C19H26N4O6S/c1-21-6-8-23(9-7-21)30(27,28)15-5-3-4-14(12-15)20-17-16(19(26)29-2)13-22(10-11-24)18(17)25/h3-5,12,20,24H,6-11,13H2,1-2H3. The minimum absolute atomic E-state index is 0.00762. The number of likely N-dealkylation sites (N-methyl/N-ethyl adjacent to an activating group) is 1. The third-order valence-corrected chi connectivity index (χ3v) is 7.05. The molecule has 0 radical (unpaired) electrons. The van der Waals surface area contributed by atoms with Gasteiger partial charge >= 0.3 is 5.97 Å². The number of rotatable bonds is 7. The van der Waals surface area contributed by atoms with Crippen molar-refractivity contribution in [1.82, 2.24) is 14.1 Å². The summed E-state index contributed by atoms with van der Waals surface area (Å²) in [4.78, 5) is 28.2. The van der Waals surface area contributed by atoms with Crippen molar-refractivity contribution in [3.8, 4) is 0 Å². The number of piperazine rings is 1. The molecule has 1 aromatic carbocycles. The lowest BCUT2D eigenvalue weighted by atomic mass is 10.2. The van der Waals surface area contributed by atoms with E-state index >= 15 is 0 Å². The first kappa shape index (κ1) is 22.2. The minimum Gasteiger partial charge on any atom is -0.466 e. The Bertz CT molecular complexity index is 954. The van der Waals surface area contributed by atoms with Gasteiger partial charge in [0.25, 0.3) is 5.91 Å². The molecule has 2 N–H and O–H groups in total. The van der Waals surface area contributed by atoms with E-state index in [1.54, 1.807) is 12.1 Å². The summed E-state index contributed by atoms with van der Waals surface area (Å²) in [6.45, 7) is 1.96. The van der Waals surface area contributed by atoms with E-state index in [1.807, 2.05) is 7.05 Å². The summed E-state index contributed by atoms with van der Waals surface area (Å²) in [6, 6.07) is 6.14. The second-order valence-electron chi connectivity index (χ2n) is 7.16. The summed E-state index contributed by atoms with van der Waals surface area (Å²) in [5, 5.41) is 12.0.